The van der Waals surface area contributed by atoms with Gasteiger partial charge in [0.15, 0.2) is 0 Å². The van der Waals surface area contributed by atoms with Gasteiger partial charge < -0.3 is 29.3 Å². The summed E-state index contributed by atoms with van der Waals surface area (Å²) in [4.78, 5) is 50.9. The maximum atomic E-state index is 10.5. The number of aliphatic carboxylic acids is 2. The molecule has 0 aliphatic carbocycles. The lowest BCUT2D eigenvalue weighted by Gasteiger charge is -2.08. The molecule has 0 spiro atoms. The number of hydrogen-bond donors (Lipinski definition) is 3. The van der Waals surface area contributed by atoms with Gasteiger partial charge in [-0.2, -0.15) is 0 Å². The van der Waals surface area contributed by atoms with Gasteiger partial charge in [0.2, 0.25) is 0 Å². The molecule has 0 saturated carbocycles. The van der Waals surface area contributed by atoms with Crippen LogP contribution in [0.3, 0.4) is 0 Å². The average Bonchev–Trinajstić information content (AvgIpc) is 2.15. The molecule has 0 saturated heterocycles. The highest BCUT2D eigenvalue weighted by molar-refractivity contribution is 6.51. The van der Waals surface area contributed by atoms with Gasteiger partial charge in [0, 0.05) is 0 Å². The molecular weight excluding hydrogens is 247 g/mol. The van der Waals surface area contributed by atoms with Crippen LogP contribution in [0, 0.1) is 0 Å². The van der Waals surface area contributed by atoms with E-state index in [0.717, 1.165) is 0 Å². The minimum absolute atomic E-state index is 2.01. The largest absolute Gasteiger partial charge is 0.873 e. The fourth-order valence-corrected chi connectivity index (χ4v) is 0.430. The van der Waals surface area contributed by atoms with Gasteiger partial charge in [-0.15, -0.1) is 0 Å². The lowest BCUT2D eigenvalue weighted by atomic mass is 10.2. The summed E-state index contributed by atoms with van der Waals surface area (Å²) in [5.74, 6) is -8.27. The van der Waals surface area contributed by atoms with Crippen molar-refractivity contribution in [2.45, 2.75) is 0 Å². The van der Waals surface area contributed by atoms with Crippen molar-refractivity contribution in [2.24, 2.45) is 0 Å². The zero-order valence-electron chi connectivity index (χ0n) is 7.68. The van der Waals surface area contributed by atoms with Crippen molar-refractivity contribution in [1.82, 2.24) is 0 Å². The predicted octanol–water partition coefficient (Wildman–Crippen LogP) is -2.08. The number of hydrogen-bond acceptors (Lipinski definition) is 8. The van der Waals surface area contributed by atoms with Crippen LogP contribution in [0.2, 0.25) is 0 Å². The molecule has 11 nitrogen and oxygen atoms in total. The van der Waals surface area contributed by atoms with E-state index in [1.54, 1.807) is 0 Å². The van der Waals surface area contributed by atoms with Crippen molar-refractivity contribution in [3.8, 4) is 0 Å². The number of carbonyl (C=O) groups is 5. The summed E-state index contributed by atoms with van der Waals surface area (Å²) in [5.41, 5.74) is 0. The Kier molecular flexibility index (Phi) is 4.97. The normalized spacial score (nSPS) is 8.71. The molecular formula is C5H3BO11. The zero-order chi connectivity index (χ0) is 13.6. The fourth-order valence-electron chi connectivity index (χ4n) is 0.430. The summed E-state index contributed by atoms with van der Waals surface area (Å²) in [6.45, 7) is 0. The van der Waals surface area contributed by atoms with Crippen LogP contribution >= 0.6 is 0 Å². The van der Waals surface area contributed by atoms with Crippen LogP contribution in [0.15, 0.2) is 0 Å². The standard InChI is InChI=1S/C5H3BO11/c7-1(8)3(11)15-6(17-5(13)14)16-4(12)2(9)10/h(H,7,8)(H,9,10)(H,13,14). The van der Waals surface area contributed by atoms with Gasteiger partial charge in [0.25, 0.3) is 0 Å². The fraction of sp³-hybridized carbons (Fsp3) is 0. The molecule has 3 N–H and O–H groups in total. The van der Waals surface area contributed by atoms with Crippen molar-refractivity contribution in [3.63, 3.8) is 0 Å². The molecule has 0 bridgehead atoms. The molecule has 0 radical (unpaired) electrons. The second kappa shape index (κ2) is 5.94. The second-order valence-corrected chi connectivity index (χ2v) is 2.09. The Morgan fingerprint density at radius 1 is 0.706 bits per heavy atom. The van der Waals surface area contributed by atoms with Crippen LogP contribution < -0.4 is 0 Å². The summed E-state index contributed by atoms with van der Waals surface area (Å²) in [6.07, 6.45) is -2.09. The Morgan fingerprint density at radius 3 is 1.29 bits per heavy atom. The Morgan fingerprint density at radius 2 is 1.06 bits per heavy atom. The molecule has 0 amide bonds. The van der Waals surface area contributed by atoms with Gasteiger partial charge >= 0.3 is 37.4 Å². The van der Waals surface area contributed by atoms with Crippen LogP contribution in [0.25, 0.3) is 0 Å². The van der Waals surface area contributed by atoms with Crippen LogP contribution in [-0.4, -0.2) is 52.7 Å². The van der Waals surface area contributed by atoms with E-state index >= 15 is 0 Å². The highest BCUT2D eigenvalue weighted by Crippen LogP contribution is 1.96. The molecule has 17 heavy (non-hydrogen) atoms. The number of carbonyl (C=O) groups excluding carboxylic acids is 2. The van der Waals surface area contributed by atoms with Crippen molar-refractivity contribution in [3.05, 3.63) is 0 Å². The first kappa shape index (κ1) is 14.2. The van der Waals surface area contributed by atoms with Crippen molar-refractivity contribution < 1.29 is 53.3 Å². The molecule has 0 aromatic carbocycles. The molecule has 12 heteroatoms. The summed E-state index contributed by atoms with van der Waals surface area (Å²) in [6, 6.07) is 0. The number of rotatable bonds is 3. The van der Waals surface area contributed by atoms with E-state index in [0.29, 0.717) is 0 Å². The quantitative estimate of drug-likeness (QED) is 0.370. The van der Waals surface area contributed by atoms with E-state index in [4.69, 9.17) is 15.3 Å². The predicted molar refractivity (Wildman–Crippen MR) is 42.3 cm³/mol. The van der Waals surface area contributed by atoms with Crippen molar-refractivity contribution in [2.75, 3.05) is 0 Å². The number of carboxylic acids is 2. The molecule has 0 unspecified atom stereocenters. The SMILES string of the molecule is O=C(O)OB(OC(=O)C(=O)O)OC(=O)C(=O)O. The molecule has 0 aliphatic heterocycles. The Balaban J connectivity index is 4.59. The van der Waals surface area contributed by atoms with E-state index in [-0.39, 0.29) is 0 Å². The molecule has 0 aromatic heterocycles. The van der Waals surface area contributed by atoms with Crippen LogP contribution in [0.4, 0.5) is 4.79 Å². The van der Waals surface area contributed by atoms with Crippen molar-refractivity contribution >= 4 is 37.4 Å². The first-order valence-electron chi connectivity index (χ1n) is 3.51. The highest BCUT2D eigenvalue weighted by atomic mass is 16.8. The Hall–Kier alpha value is -2.79. The smallest absolute Gasteiger partial charge is 0.473 e. The minimum Gasteiger partial charge on any atom is -0.473 e. The highest BCUT2D eigenvalue weighted by Gasteiger charge is 2.40. The summed E-state index contributed by atoms with van der Waals surface area (Å²) < 4.78 is 11.0. The monoisotopic (exact) mass is 250 g/mol. The maximum Gasteiger partial charge on any atom is 0.873 e. The van der Waals surface area contributed by atoms with Gasteiger partial charge in [-0.05, 0) is 0 Å². The van der Waals surface area contributed by atoms with Gasteiger partial charge in [-0.1, -0.05) is 0 Å². The Bertz CT molecular complexity index is 344. The first-order valence-corrected chi connectivity index (χ1v) is 3.51. The van der Waals surface area contributed by atoms with E-state index in [1.165, 1.54) is 0 Å². The minimum atomic E-state index is -2.63. The topological polar surface area (TPSA) is 174 Å². The van der Waals surface area contributed by atoms with Crippen molar-refractivity contribution in [1.29, 1.82) is 0 Å². The molecule has 0 aliphatic rings. The third-order valence-corrected chi connectivity index (χ3v) is 0.953. The molecule has 0 heterocycles. The van der Waals surface area contributed by atoms with Gasteiger partial charge in [0.05, 0.1) is 0 Å². The van der Waals surface area contributed by atoms with Crippen LogP contribution in [-0.2, 0) is 33.1 Å². The lowest BCUT2D eigenvalue weighted by Crippen LogP contribution is -2.38. The van der Waals surface area contributed by atoms with Crippen LogP contribution in [0.1, 0.15) is 0 Å². The van der Waals surface area contributed by atoms with E-state index in [9.17, 15) is 24.0 Å². The molecule has 0 fully saturated rings. The molecule has 0 atom stereocenters. The average molecular weight is 250 g/mol. The van der Waals surface area contributed by atoms with Crippen LogP contribution in [0.5, 0.6) is 0 Å². The first-order chi connectivity index (χ1) is 7.73. The van der Waals surface area contributed by atoms with E-state index in [2.05, 4.69) is 14.0 Å². The van der Waals surface area contributed by atoms with Gasteiger partial charge in [-0.25, -0.2) is 24.0 Å². The summed E-state index contributed by atoms with van der Waals surface area (Å²) >= 11 is 0. The molecule has 92 valence electrons. The third kappa shape index (κ3) is 5.61. The molecule has 0 rings (SSSR count). The van der Waals surface area contributed by atoms with E-state index < -0.39 is 37.4 Å². The van der Waals surface area contributed by atoms with Gasteiger partial charge in [-0.3, -0.25) is 0 Å². The number of carboxylic acid groups (broad SMARTS) is 3. The second-order valence-electron chi connectivity index (χ2n) is 2.09. The maximum absolute atomic E-state index is 10.5. The third-order valence-electron chi connectivity index (χ3n) is 0.953. The summed E-state index contributed by atoms with van der Waals surface area (Å²) in [7, 11) is -2.63. The zero-order valence-corrected chi connectivity index (χ0v) is 7.68. The Labute approximate surface area is 91.7 Å². The lowest BCUT2D eigenvalue weighted by molar-refractivity contribution is -0.164. The van der Waals surface area contributed by atoms with Gasteiger partial charge in [0.1, 0.15) is 0 Å². The summed E-state index contributed by atoms with van der Waals surface area (Å²) in [5, 5.41) is 24.2. The van der Waals surface area contributed by atoms with E-state index in [1.807, 2.05) is 0 Å². The molecule has 0 aromatic rings.